The van der Waals surface area contributed by atoms with Gasteiger partial charge in [-0.3, -0.25) is 9.59 Å². The molecule has 2 aromatic rings. The minimum atomic E-state index is -0.235. The highest BCUT2D eigenvalue weighted by atomic mass is 16.5. The van der Waals surface area contributed by atoms with Crippen molar-refractivity contribution in [2.45, 2.75) is 6.54 Å². The highest BCUT2D eigenvalue weighted by molar-refractivity contribution is 5.70. The summed E-state index contributed by atoms with van der Waals surface area (Å²) in [7, 11) is 3.49. The Morgan fingerprint density at radius 3 is 2.90 bits per heavy atom. The number of anilines is 1. The van der Waals surface area contributed by atoms with Crippen molar-refractivity contribution in [2.24, 2.45) is 0 Å². The lowest BCUT2D eigenvalue weighted by Crippen LogP contribution is -2.27. The van der Waals surface area contributed by atoms with Crippen molar-refractivity contribution >= 4 is 12.0 Å². The molecule has 0 aliphatic rings. The standard InChI is InChI=1S/C14H17N3O4/c1-16(5-6-20-2)11-7-14(19)17(15-8-11)9-12-3-4-13(10-18)21-12/h3-4,7-8,10H,5-6,9H2,1-2H3. The lowest BCUT2D eigenvalue weighted by atomic mass is 10.4. The fourth-order valence-electron chi connectivity index (χ4n) is 1.80. The van der Waals surface area contributed by atoms with E-state index >= 15 is 0 Å². The molecule has 0 spiro atoms. The summed E-state index contributed by atoms with van der Waals surface area (Å²) < 4.78 is 11.5. The Bertz CT molecular complexity index is 662. The van der Waals surface area contributed by atoms with Gasteiger partial charge in [0.1, 0.15) is 12.3 Å². The lowest BCUT2D eigenvalue weighted by molar-refractivity contribution is 0.109. The van der Waals surface area contributed by atoms with Crippen molar-refractivity contribution in [3.05, 3.63) is 46.3 Å². The largest absolute Gasteiger partial charge is 0.456 e. The molecule has 21 heavy (non-hydrogen) atoms. The van der Waals surface area contributed by atoms with Crippen LogP contribution in [-0.2, 0) is 11.3 Å². The molecule has 2 aromatic heterocycles. The summed E-state index contributed by atoms with van der Waals surface area (Å²) >= 11 is 0. The van der Waals surface area contributed by atoms with E-state index in [1.807, 2.05) is 11.9 Å². The summed E-state index contributed by atoms with van der Waals surface area (Å²) in [4.78, 5) is 24.5. The van der Waals surface area contributed by atoms with Crippen molar-refractivity contribution in [3.63, 3.8) is 0 Å². The number of rotatable bonds is 7. The van der Waals surface area contributed by atoms with Crippen LogP contribution in [0.1, 0.15) is 16.3 Å². The van der Waals surface area contributed by atoms with E-state index in [2.05, 4.69) is 5.10 Å². The molecular weight excluding hydrogens is 274 g/mol. The van der Waals surface area contributed by atoms with Gasteiger partial charge in [-0.05, 0) is 12.1 Å². The molecule has 7 heteroatoms. The van der Waals surface area contributed by atoms with Crippen LogP contribution in [0.15, 0.2) is 33.6 Å². The average Bonchev–Trinajstić information content (AvgIpc) is 2.94. The molecule has 0 fully saturated rings. The van der Waals surface area contributed by atoms with Crippen LogP contribution in [0.4, 0.5) is 5.69 Å². The second kappa shape index (κ2) is 6.85. The first-order chi connectivity index (χ1) is 10.1. The molecule has 2 heterocycles. The molecule has 0 aromatic carbocycles. The highest BCUT2D eigenvalue weighted by Gasteiger charge is 2.07. The van der Waals surface area contributed by atoms with Crippen molar-refractivity contribution in [1.82, 2.24) is 9.78 Å². The molecule has 0 N–H and O–H groups in total. The van der Waals surface area contributed by atoms with Gasteiger partial charge in [0.05, 0.1) is 18.5 Å². The third-order valence-corrected chi connectivity index (χ3v) is 3.03. The normalized spacial score (nSPS) is 10.6. The number of carbonyl (C=O) groups excluding carboxylic acids is 1. The van der Waals surface area contributed by atoms with Crippen molar-refractivity contribution < 1.29 is 13.9 Å². The topological polar surface area (TPSA) is 77.6 Å². The summed E-state index contributed by atoms with van der Waals surface area (Å²) in [5.41, 5.74) is 0.488. The zero-order valence-electron chi connectivity index (χ0n) is 12.0. The quantitative estimate of drug-likeness (QED) is 0.702. The van der Waals surface area contributed by atoms with Gasteiger partial charge in [0.15, 0.2) is 12.0 Å². The first-order valence-electron chi connectivity index (χ1n) is 6.45. The molecular formula is C14H17N3O4. The number of hydrogen-bond acceptors (Lipinski definition) is 6. The summed E-state index contributed by atoms with van der Waals surface area (Å²) in [5.74, 6) is 0.737. The van der Waals surface area contributed by atoms with Crippen LogP contribution in [0.5, 0.6) is 0 Å². The van der Waals surface area contributed by atoms with Gasteiger partial charge in [0.2, 0.25) is 0 Å². The lowest BCUT2D eigenvalue weighted by Gasteiger charge is -2.18. The zero-order chi connectivity index (χ0) is 15.2. The molecule has 0 radical (unpaired) electrons. The molecule has 0 aliphatic carbocycles. The molecule has 0 bridgehead atoms. The molecule has 7 nitrogen and oxygen atoms in total. The second-order valence-corrected chi connectivity index (χ2v) is 4.55. The molecule has 0 saturated carbocycles. The molecule has 0 atom stereocenters. The van der Waals surface area contributed by atoms with Gasteiger partial charge in [-0.2, -0.15) is 5.10 Å². The number of aldehydes is 1. The van der Waals surface area contributed by atoms with Crippen molar-refractivity contribution in [1.29, 1.82) is 0 Å². The number of hydrogen-bond donors (Lipinski definition) is 0. The zero-order valence-corrected chi connectivity index (χ0v) is 12.0. The van der Waals surface area contributed by atoms with Gasteiger partial charge in [0.25, 0.3) is 5.56 Å². The number of methoxy groups -OCH3 is 1. The Morgan fingerprint density at radius 1 is 1.48 bits per heavy atom. The molecule has 0 aliphatic heterocycles. The van der Waals surface area contributed by atoms with Crippen LogP contribution >= 0.6 is 0 Å². The first-order valence-corrected chi connectivity index (χ1v) is 6.45. The van der Waals surface area contributed by atoms with Crippen molar-refractivity contribution in [3.8, 4) is 0 Å². The Hall–Kier alpha value is -2.41. The first kappa shape index (κ1) is 15.0. The number of nitrogens with zero attached hydrogens (tertiary/aromatic N) is 3. The maximum atomic E-state index is 12.0. The van der Waals surface area contributed by atoms with E-state index in [0.29, 0.717) is 25.2 Å². The van der Waals surface area contributed by atoms with E-state index in [1.54, 1.807) is 25.4 Å². The van der Waals surface area contributed by atoms with Gasteiger partial charge >= 0.3 is 0 Å². The van der Waals surface area contributed by atoms with Crippen LogP contribution in [-0.4, -0.2) is 43.4 Å². The fraction of sp³-hybridized carbons (Fsp3) is 0.357. The van der Waals surface area contributed by atoms with E-state index in [1.165, 1.54) is 10.7 Å². The van der Waals surface area contributed by atoms with Gasteiger partial charge < -0.3 is 14.1 Å². The van der Waals surface area contributed by atoms with Crippen LogP contribution < -0.4 is 10.5 Å². The minimum absolute atomic E-state index is 0.189. The smallest absolute Gasteiger partial charge is 0.269 e. The Labute approximate surface area is 121 Å². The number of aromatic nitrogens is 2. The van der Waals surface area contributed by atoms with Crippen LogP contribution in [0.2, 0.25) is 0 Å². The van der Waals surface area contributed by atoms with Gasteiger partial charge in [-0.25, -0.2) is 4.68 Å². The highest BCUT2D eigenvalue weighted by Crippen LogP contribution is 2.09. The van der Waals surface area contributed by atoms with E-state index in [-0.39, 0.29) is 17.9 Å². The van der Waals surface area contributed by atoms with Gasteiger partial charge in [0, 0.05) is 26.8 Å². The summed E-state index contributed by atoms with van der Waals surface area (Å²) in [6, 6.07) is 4.71. The van der Waals surface area contributed by atoms with Crippen LogP contribution in [0.25, 0.3) is 0 Å². The molecule has 0 saturated heterocycles. The van der Waals surface area contributed by atoms with E-state index in [9.17, 15) is 9.59 Å². The minimum Gasteiger partial charge on any atom is -0.456 e. The fourth-order valence-corrected chi connectivity index (χ4v) is 1.80. The van der Waals surface area contributed by atoms with E-state index in [0.717, 1.165) is 5.69 Å². The van der Waals surface area contributed by atoms with Gasteiger partial charge in [-0.1, -0.05) is 0 Å². The Morgan fingerprint density at radius 2 is 2.29 bits per heavy atom. The molecule has 0 unspecified atom stereocenters. The maximum absolute atomic E-state index is 12.0. The number of likely N-dealkylation sites (N-methyl/N-ethyl adjacent to an activating group) is 1. The molecule has 112 valence electrons. The summed E-state index contributed by atoms with van der Waals surface area (Å²) in [5, 5.41) is 4.11. The number of furan rings is 1. The molecule has 2 rings (SSSR count). The number of carbonyl (C=O) groups is 1. The SMILES string of the molecule is COCCN(C)c1cnn(Cc2ccc(C=O)o2)c(=O)c1. The average molecular weight is 291 g/mol. The summed E-state index contributed by atoms with van der Waals surface area (Å²) in [6.07, 6.45) is 2.23. The van der Waals surface area contributed by atoms with Crippen molar-refractivity contribution in [2.75, 3.05) is 32.2 Å². The molecule has 0 amide bonds. The van der Waals surface area contributed by atoms with E-state index in [4.69, 9.17) is 9.15 Å². The Kier molecular flexibility index (Phi) is 4.89. The predicted molar refractivity (Wildman–Crippen MR) is 76.8 cm³/mol. The van der Waals surface area contributed by atoms with Crippen LogP contribution in [0, 0.1) is 0 Å². The van der Waals surface area contributed by atoms with Gasteiger partial charge in [-0.15, -0.1) is 0 Å². The monoisotopic (exact) mass is 291 g/mol. The third-order valence-electron chi connectivity index (χ3n) is 3.03. The number of ether oxygens (including phenoxy) is 1. The Balaban J connectivity index is 2.11. The van der Waals surface area contributed by atoms with E-state index < -0.39 is 0 Å². The predicted octanol–water partition coefficient (Wildman–Crippen LogP) is 0.780. The third kappa shape index (κ3) is 3.79. The summed E-state index contributed by atoms with van der Waals surface area (Å²) in [6.45, 7) is 1.43. The second-order valence-electron chi connectivity index (χ2n) is 4.55. The van der Waals surface area contributed by atoms with Crippen LogP contribution in [0.3, 0.4) is 0 Å². The maximum Gasteiger partial charge on any atom is 0.269 e.